The lowest BCUT2D eigenvalue weighted by Crippen LogP contribution is -2.48. The molecule has 0 saturated heterocycles. The summed E-state index contributed by atoms with van der Waals surface area (Å²) >= 11 is 0. The number of halogens is 3. The number of anilines is 1. The Kier molecular flexibility index (Phi) is 12.2. The number of benzene rings is 3. The van der Waals surface area contributed by atoms with Gasteiger partial charge in [-0.25, -0.2) is 18.2 Å². The Morgan fingerprint density at radius 1 is 0.880 bits per heavy atom. The number of carbonyl (C=O) groups is 3. The molecule has 2 heterocycles. The number of aryl methyl sites for hydroxylation is 1. The van der Waals surface area contributed by atoms with E-state index in [4.69, 9.17) is 9.90 Å². The topological polar surface area (TPSA) is 193 Å². The number of nitrogens with one attached hydrogen (secondary N) is 3. The van der Waals surface area contributed by atoms with Crippen molar-refractivity contribution in [2.45, 2.75) is 30.1 Å². The molecule has 262 valence electrons. The second-order valence-electron chi connectivity index (χ2n) is 10.6. The molecule has 5 aromatic rings. The van der Waals surface area contributed by atoms with Crippen LogP contribution in [0.1, 0.15) is 16.8 Å². The third-order valence-electron chi connectivity index (χ3n) is 7.00. The molecule has 13 nitrogen and oxygen atoms in total. The van der Waals surface area contributed by atoms with Crippen molar-refractivity contribution in [1.82, 2.24) is 24.8 Å². The lowest BCUT2D eigenvalue weighted by atomic mass is 10.1. The number of carboxylic acids is 2. The van der Waals surface area contributed by atoms with Gasteiger partial charge in [0.05, 0.1) is 16.6 Å². The average molecular weight is 713 g/mol. The van der Waals surface area contributed by atoms with E-state index in [9.17, 15) is 36.3 Å². The molecule has 0 saturated carbocycles. The molecule has 2 aromatic heterocycles. The molecule has 0 bridgehead atoms. The predicted octanol–water partition coefficient (Wildman–Crippen LogP) is 4.40. The van der Waals surface area contributed by atoms with E-state index >= 15 is 0 Å². The monoisotopic (exact) mass is 712 g/mol. The van der Waals surface area contributed by atoms with Crippen molar-refractivity contribution in [3.63, 3.8) is 0 Å². The van der Waals surface area contributed by atoms with Gasteiger partial charge in [-0.05, 0) is 60.0 Å². The number of carbonyl (C=O) groups excluding carboxylic acids is 1. The first-order valence-electron chi connectivity index (χ1n) is 14.8. The highest BCUT2D eigenvalue weighted by atomic mass is 32.2. The molecule has 5 rings (SSSR count). The van der Waals surface area contributed by atoms with Crippen LogP contribution in [0, 0.1) is 0 Å². The minimum atomic E-state index is -5.08. The molecule has 1 amide bonds. The first-order valence-corrected chi connectivity index (χ1v) is 16.3. The van der Waals surface area contributed by atoms with Gasteiger partial charge in [-0.3, -0.25) is 14.3 Å². The first-order chi connectivity index (χ1) is 23.7. The van der Waals surface area contributed by atoms with Gasteiger partial charge in [0.25, 0.3) is 5.91 Å². The number of aliphatic carboxylic acids is 2. The van der Waals surface area contributed by atoms with Crippen LogP contribution >= 0.6 is 0 Å². The summed E-state index contributed by atoms with van der Waals surface area (Å²) < 4.78 is 61.6. The molecule has 0 aliphatic heterocycles. The number of fused-ring (bicyclic) bond motifs is 1. The Morgan fingerprint density at radius 3 is 2.16 bits per heavy atom. The summed E-state index contributed by atoms with van der Waals surface area (Å²) in [5.74, 6) is -3.91. The van der Waals surface area contributed by atoms with Crippen LogP contribution in [0.15, 0.2) is 108 Å². The zero-order chi connectivity index (χ0) is 36.3. The van der Waals surface area contributed by atoms with Crippen molar-refractivity contribution >= 4 is 44.6 Å². The van der Waals surface area contributed by atoms with Crippen LogP contribution in [0.25, 0.3) is 22.0 Å². The van der Waals surface area contributed by atoms with Gasteiger partial charge >= 0.3 is 18.1 Å². The number of sulfonamides is 1. The Labute approximate surface area is 283 Å². The van der Waals surface area contributed by atoms with E-state index in [-0.39, 0.29) is 4.90 Å². The Morgan fingerprint density at radius 2 is 1.54 bits per heavy atom. The molecule has 0 spiro atoms. The highest BCUT2D eigenvalue weighted by Crippen LogP contribution is 2.21. The fourth-order valence-electron chi connectivity index (χ4n) is 4.51. The van der Waals surface area contributed by atoms with Gasteiger partial charge in [0, 0.05) is 36.8 Å². The molecule has 0 aliphatic rings. The summed E-state index contributed by atoms with van der Waals surface area (Å²) in [7, 11) is -4.17. The highest BCUT2D eigenvalue weighted by Gasteiger charge is 2.38. The van der Waals surface area contributed by atoms with Crippen LogP contribution in [-0.4, -0.2) is 76.5 Å². The summed E-state index contributed by atoms with van der Waals surface area (Å²) in [4.78, 5) is 37.8. The lowest BCUT2D eigenvalue weighted by molar-refractivity contribution is -0.192. The molecule has 1 atom stereocenters. The SMILES string of the molecule is O=C(NCC(NS(=O)(=O)c1ccc(-c2ccccc2)cc1)C(=O)O)c1ccc2c(cnn2CCCNc2ccccn2)c1.O=C(O)C(F)(F)F. The molecule has 5 N–H and O–H groups in total. The maximum Gasteiger partial charge on any atom is 0.490 e. The molecule has 50 heavy (non-hydrogen) atoms. The minimum absolute atomic E-state index is 0.0836. The molecular weight excluding hydrogens is 681 g/mol. The number of pyridine rings is 1. The van der Waals surface area contributed by atoms with E-state index in [1.165, 1.54) is 12.1 Å². The Balaban J connectivity index is 0.000000727. The summed E-state index contributed by atoms with van der Waals surface area (Å²) in [6.07, 6.45) is -0.891. The third kappa shape index (κ3) is 10.3. The number of carboxylic acid groups (broad SMARTS) is 2. The van der Waals surface area contributed by atoms with E-state index < -0.39 is 46.6 Å². The number of nitrogens with zero attached hydrogens (tertiary/aromatic N) is 3. The van der Waals surface area contributed by atoms with E-state index in [0.29, 0.717) is 18.7 Å². The minimum Gasteiger partial charge on any atom is -0.480 e. The van der Waals surface area contributed by atoms with E-state index in [2.05, 4.69) is 25.4 Å². The van der Waals surface area contributed by atoms with Crippen LogP contribution < -0.4 is 15.4 Å². The van der Waals surface area contributed by atoms with Crippen LogP contribution in [0.3, 0.4) is 0 Å². The number of hydrogen-bond donors (Lipinski definition) is 5. The summed E-state index contributed by atoms with van der Waals surface area (Å²) in [6, 6.07) is 24.7. The van der Waals surface area contributed by atoms with Gasteiger partial charge in [0.1, 0.15) is 11.9 Å². The van der Waals surface area contributed by atoms with Gasteiger partial charge in [-0.1, -0.05) is 48.5 Å². The van der Waals surface area contributed by atoms with Crippen molar-refractivity contribution in [2.75, 3.05) is 18.4 Å². The average Bonchev–Trinajstić information content (AvgIpc) is 3.51. The smallest absolute Gasteiger partial charge is 0.480 e. The fourth-order valence-corrected chi connectivity index (χ4v) is 5.70. The van der Waals surface area contributed by atoms with Crippen LogP contribution in [0.2, 0.25) is 0 Å². The predicted molar refractivity (Wildman–Crippen MR) is 177 cm³/mol. The molecule has 17 heteroatoms. The Hall–Kier alpha value is -5.81. The number of amides is 1. The van der Waals surface area contributed by atoms with Crippen molar-refractivity contribution in [2.24, 2.45) is 0 Å². The van der Waals surface area contributed by atoms with Gasteiger partial charge < -0.3 is 20.8 Å². The zero-order valence-corrected chi connectivity index (χ0v) is 26.9. The maximum absolute atomic E-state index is 12.9. The summed E-state index contributed by atoms with van der Waals surface area (Å²) in [5, 5.41) is 27.7. The quantitative estimate of drug-likeness (QED) is 0.109. The summed E-state index contributed by atoms with van der Waals surface area (Å²) in [5.41, 5.74) is 2.89. The van der Waals surface area contributed by atoms with Crippen molar-refractivity contribution < 1.29 is 46.2 Å². The van der Waals surface area contributed by atoms with Crippen molar-refractivity contribution in [3.05, 3.63) is 109 Å². The zero-order valence-electron chi connectivity index (χ0n) is 26.0. The number of aromatic nitrogens is 3. The molecule has 3 aromatic carbocycles. The highest BCUT2D eigenvalue weighted by molar-refractivity contribution is 7.89. The van der Waals surface area contributed by atoms with Crippen LogP contribution in [-0.2, 0) is 26.2 Å². The van der Waals surface area contributed by atoms with Crippen molar-refractivity contribution in [3.8, 4) is 11.1 Å². The van der Waals surface area contributed by atoms with Gasteiger partial charge in [0.2, 0.25) is 10.0 Å². The van der Waals surface area contributed by atoms with Crippen LogP contribution in [0.5, 0.6) is 0 Å². The Bertz CT molecular complexity index is 2030. The summed E-state index contributed by atoms with van der Waals surface area (Å²) in [6.45, 7) is 0.923. The molecule has 1 unspecified atom stereocenters. The normalized spacial score (nSPS) is 12.0. The van der Waals surface area contributed by atoms with Gasteiger partial charge in [0.15, 0.2) is 0 Å². The molecular formula is C33H31F3N6O7S. The largest absolute Gasteiger partial charge is 0.490 e. The van der Waals surface area contributed by atoms with Gasteiger partial charge in [-0.15, -0.1) is 0 Å². The fraction of sp³-hybridized carbons (Fsp3) is 0.182. The third-order valence-corrected chi connectivity index (χ3v) is 8.49. The van der Waals surface area contributed by atoms with E-state index in [0.717, 1.165) is 34.3 Å². The van der Waals surface area contributed by atoms with Gasteiger partial charge in [-0.2, -0.15) is 23.0 Å². The molecule has 0 radical (unpaired) electrons. The van der Waals surface area contributed by atoms with E-state index in [1.54, 1.807) is 42.7 Å². The standard InChI is InChI=1S/C31H30N6O5S.C2HF3O2/c38-30(24-12-15-28-25(19-24)20-35-37(28)18-6-17-33-29-9-4-5-16-32-29)34-21-27(31(39)40)36-43(41,42)26-13-10-23(11-14-26)22-7-2-1-3-8-22;3-2(4,5)1(6)7/h1-5,7-16,19-20,27,36H,6,17-18,21H2,(H,32,33)(H,34,38)(H,39,40);(H,6,7). The number of hydrogen-bond acceptors (Lipinski definition) is 8. The number of rotatable bonds is 13. The van der Waals surface area contributed by atoms with E-state index in [1.807, 2.05) is 53.2 Å². The van der Waals surface area contributed by atoms with Crippen molar-refractivity contribution in [1.29, 1.82) is 0 Å². The molecule has 0 aliphatic carbocycles. The second-order valence-corrected chi connectivity index (χ2v) is 12.3. The lowest BCUT2D eigenvalue weighted by Gasteiger charge is -2.16. The molecule has 0 fully saturated rings. The first kappa shape index (κ1) is 37.0. The van der Waals surface area contributed by atoms with Crippen LogP contribution in [0.4, 0.5) is 19.0 Å². The number of alkyl halides is 3. The maximum atomic E-state index is 12.9. The second kappa shape index (κ2) is 16.5.